The monoisotopic (exact) mass is 278 g/mol. The van der Waals surface area contributed by atoms with Gasteiger partial charge in [0.05, 0.1) is 16.8 Å². The highest BCUT2D eigenvalue weighted by Crippen LogP contribution is 2.30. The van der Waals surface area contributed by atoms with Crippen molar-refractivity contribution in [2.45, 2.75) is 20.0 Å². The fourth-order valence-electron chi connectivity index (χ4n) is 1.45. The van der Waals surface area contributed by atoms with Crippen molar-refractivity contribution < 1.29 is 9.47 Å². The highest BCUT2D eigenvalue weighted by atomic mass is 35.5. The minimum Gasteiger partial charge on any atom is -0.473 e. The number of nitrogens with two attached hydrogens (primary N) is 1. The Hall–Kier alpha value is -1.94. The maximum atomic E-state index is 6.02. The molecule has 2 rings (SSSR count). The minimum atomic E-state index is -0.00892. The quantitative estimate of drug-likeness (QED) is 0.921. The molecule has 0 amide bonds. The first-order valence-corrected chi connectivity index (χ1v) is 6.29. The number of pyridine rings is 1. The van der Waals surface area contributed by atoms with Gasteiger partial charge in [-0.25, -0.2) is 0 Å². The highest BCUT2D eigenvalue weighted by Gasteiger charge is 2.09. The number of aromatic nitrogens is 1. The van der Waals surface area contributed by atoms with Crippen molar-refractivity contribution >= 4 is 17.3 Å². The summed E-state index contributed by atoms with van der Waals surface area (Å²) in [6, 6.07) is 10.6. The molecule has 4 nitrogen and oxygen atoms in total. The number of hydrogen-bond acceptors (Lipinski definition) is 4. The second kappa shape index (κ2) is 5.80. The molecule has 0 aliphatic carbocycles. The van der Waals surface area contributed by atoms with Crippen LogP contribution in [0.1, 0.15) is 13.8 Å². The Bertz CT molecular complexity index is 573. The molecule has 0 spiro atoms. The van der Waals surface area contributed by atoms with E-state index in [4.69, 9.17) is 26.8 Å². The molecular formula is C14H15ClN2O2. The minimum absolute atomic E-state index is 0.00892. The molecule has 2 N–H and O–H groups in total. The second-order valence-corrected chi connectivity index (χ2v) is 4.65. The lowest BCUT2D eigenvalue weighted by Gasteiger charge is -2.12. The van der Waals surface area contributed by atoms with E-state index in [1.54, 1.807) is 24.3 Å². The van der Waals surface area contributed by atoms with Gasteiger partial charge in [0.25, 0.3) is 0 Å². The standard InChI is InChI=1S/C14H15ClN2O2/c1-9(2)18-14-11(16)7-8-13(17-14)19-12-6-4-3-5-10(12)15/h3-9H,16H2,1-2H3. The Labute approximate surface area is 117 Å². The van der Waals surface area contributed by atoms with Crippen molar-refractivity contribution in [1.82, 2.24) is 4.98 Å². The summed E-state index contributed by atoms with van der Waals surface area (Å²) in [5, 5.41) is 0.521. The lowest BCUT2D eigenvalue weighted by molar-refractivity contribution is 0.232. The van der Waals surface area contributed by atoms with Crippen molar-refractivity contribution in [3.05, 3.63) is 41.4 Å². The van der Waals surface area contributed by atoms with Crippen LogP contribution < -0.4 is 15.2 Å². The van der Waals surface area contributed by atoms with Crippen LogP contribution in [0.15, 0.2) is 36.4 Å². The third-order valence-corrected chi connectivity index (χ3v) is 2.57. The predicted molar refractivity (Wildman–Crippen MR) is 75.9 cm³/mol. The number of ether oxygens (including phenoxy) is 2. The third-order valence-electron chi connectivity index (χ3n) is 2.26. The fourth-order valence-corrected chi connectivity index (χ4v) is 1.62. The Morgan fingerprint density at radius 2 is 1.89 bits per heavy atom. The molecule has 0 fully saturated rings. The molecule has 0 unspecified atom stereocenters. The second-order valence-electron chi connectivity index (χ2n) is 4.24. The predicted octanol–water partition coefficient (Wildman–Crippen LogP) is 3.90. The van der Waals surface area contributed by atoms with Gasteiger partial charge in [-0.05, 0) is 32.0 Å². The van der Waals surface area contributed by atoms with Gasteiger partial charge < -0.3 is 15.2 Å². The molecule has 0 bridgehead atoms. The number of nitrogen functional groups attached to an aromatic ring is 1. The molecule has 1 aromatic carbocycles. The molecular weight excluding hydrogens is 264 g/mol. The summed E-state index contributed by atoms with van der Waals surface area (Å²) in [6.07, 6.45) is -0.00892. The van der Waals surface area contributed by atoms with Gasteiger partial charge in [0.2, 0.25) is 11.8 Å². The Morgan fingerprint density at radius 3 is 2.58 bits per heavy atom. The van der Waals surface area contributed by atoms with Crippen LogP contribution in [0.5, 0.6) is 17.5 Å². The number of rotatable bonds is 4. The van der Waals surface area contributed by atoms with E-state index < -0.39 is 0 Å². The Kier molecular flexibility index (Phi) is 4.12. The molecule has 0 aliphatic heterocycles. The molecule has 0 radical (unpaired) electrons. The van der Waals surface area contributed by atoms with E-state index in [1.165, 1.54) is 0 Å². The maximum Gasteiger partial charge on any atom is 0.240 e. The number of benzene rings is 1. The number of para-hydroxylation sites is 1. The zero-order valence-corrected chi connectivity index (χ0v) is 11.5. The van der Waals surface area contributed by atoms with Crippen LogP contribution in [0.3, 0.4) is 0 Å². The first kappa shape index (κ1) is 13.5. The van der Waals surface area contributed by atoms with Gasteiger partial charge >= 0.3 is 0 Å². The summed E-state index contributed by atoms with van der Waals surface area (Å²) in [4.78, 5) is 4.22. The molecule has 100 valence electrons. The maximum absolute atomic E-state index is 6.02. The topological polar surface area (TPSA) is 57.4 Å². The number of anilines is 1. The van der Waals surface area contributed by atoms with E-state index in [2.05, 4.69) is 4.98 Å². The van der Waals surface area contributed by atoms with E-state index >= 15 is 0 Å². The molecule has 1 heterocycles. The molecule has 1 aromatic heterocycles. The van der Waals surface area contributed by atoms with E-state index in [9.17, 15) is 0 Å². The van der Waals surface area contributed by atoms with Crippen LogP contribution in [0, 0.1) is 0 Å². The number of halogens is 1. The summed E-state index contributed by atoms with van der Waals surface area (Å²) in [5.41, 5.74) is 6.26. The zero-order chi connectivity index (χ0) is 13.8. The third kappa shape index (κ3) is 3.51. The van der Waals surface area contributed by atoms with Crippen molar-refractivity contribution in [1.29, 1.82) is 0 Å². The summed E-state index contributed by atoms with van der Waals surface area (Å²) >= 11 is 6.02. The SMILES string of the molecule is CC(C)Oc1nc(Oc2ccccc2Cl)ccc1N. The van der Waals surface area contributed by atoms with E-state index in [-0.39, 0.29) is 6.10 Å². The smallest absolute Gasteiger partial charge is 0.240 e. The lowest BCUT2D eigenvalue weighted by Crippen LogP contribution is -2.09. The normalized spacial score (nSPS) is 10.5. The van der Waals surface area contributed by atoms with Gasteiger partial charge in [0.1, 0.15) is 5.75 Å². The van der Waals surface area contributed by atoms with Gasteiger partial charge in [0, 0.05) is 6.07 Å². The van der Waals surface area contributed by atoms with Gasteiger partial charge in [0.15, 0.2) is 0 Å². The molecule has 5 heteroatoms. The molecule has 0 atom stereocenters. The number of hydrogen-bond donors (Lipinski definition) is 1. The van der Waals surface area contributed by atoms with E-state index in [1.807, 2.05) is 26.0 Å². The van der Waals surface area contributed by atoms with E-state index in [0.29, 0.717) is 28.2 Å². The Morgan fingerprint density at radius 1 is 1.16 bits per heavy atom. The van der Waals surface area contributed by atoms with Crippen LogP contribution >= 0.6 is 11.6 Å². The van der Waals surface area contributed by atoms with Gasteiger partial charge in [-0.2, -0.15) is 4.98 Å². The summed E-state index contributed by atoms with van der Waals surface area (Å²) in [7, 11) is 0. The van der Waals surface area contributed by atoms with Gasteiger partial charge in [-0.1, -0.05) is 23.7 Å². The van der Waals surface area contributed by atoms with E-state index in [0.717, 1.165) is 0 Å². The van der Waals surface area contributed by atoms with Gasteiger partial charge in [-0.3, -0.25) is 0 Å². The van der Waals surface area contributed by atoms with Crippen LogP contribution in [0.2, 0.25) is 5.02 Å². The molecule has 0 saturated carbocycles. The molecule has 19 heavy (non-hydrogen) atoms. The van der Waals surface area contributed by atoms with Crippen molar-refractivity contribution in [2.75, 3.05) is 5.73 Å². The van der Waals surface area contributed by atoms with Crippen LogP contribution in [-0.4, -0.2) is 11.1 Å². The molecule has 2 aromatic rings. The fraction of sp³-hybridized carbons (Fsp3) is 0.214. The lowest BCUT2D eigenvalue weighted by atomic mass is 10.3. The molecule has 0 aliphatic rings. The van der Waals surface area contributed by atoms with Crippen LogP contribution in [-0.2, 0) is 0 Å². The average Bonchev–Trinajstić information content (AvgIpc) is 2.35. The summed E-state index contributed by atoms with van der Waals surface area (Å²) in [5.74, 6) is 1.29. The van der Waals surface area contributed by atoms with Gasteiger partial charge in [-0.15, -0.1) is 0 Å². The van der Waals surface area contributed by atoms with Crippen LogP contribution in [0.25, 0.3) is 0 Å². The van der Waals surface area contributed by atoms with Crippen molar-refractivity contribution in [3.63, 3.8) is 0 Å². The zero-order valence-electron chi connectivity index (χ0n) is 10.8. The average molecular weight is 279 g/mol. The number of nitrogens with zero attached hydrogens (tertiary/aromatic N) is 1. The first-order chi connectivity index (χ1) is 9.06. The van der Waals surface area contributed by atoms with Crippen molar-refractivity contribution in [2.24, 2.45) is 0 Å². The Balaban J connectivity index is 2.24. The summed E-state index contributed by atoms with van der Waals surface area (Å²) < 4.78 is 11.1. The largest absolute Gasteiger partial charge is 0.473 e. The summed E-state index contributed by atoms with van der Waals surface area (Å²) in [6.45, 7) is 3.81. The van der Waals surface area contributed by atoms with Crippen molar-refractivity contribution in [3.8, 4) is 17.5 Å². The highest BCUT2D eigenvalue weighted by molar-refractivity contribution is 6.32. The van der Waals surface area contributed by atoms with Crippen LogP contribution in [0.4, 0.5) is 5.69 Å². The first-order valence-electron chi connectivity index (χ1n) is 5.92. The molecule has 0 saturated heterocycles.